The van der Waals surface area contributed by atoms with Gasteiger partial charge in [-0.05, 0) is 44.5 Å². The Labute approximate surface area is 199 Å². The molecule has 2 aromatic rings. The van der Waals surface area contributed by atoms with Crippen LogP contribution >= 0.6 is 0 Å². The normalized spacial score (nSPS) is 18.3. The Morgan fingerprint density at radius 1 is 1.21 bits per heavy atom. The molecule has 10 heteroatoms. The van der Waals surface area contributed by atoms with Gasteiger partial charge in [-0.3, -0.25) is 9.69 Å². The van der Waals surface area contributed by atoms with Crippen LogP contribution in [0.15, 0.2) is 24.3 Å². The summed E-state index contributed by atoms with van der Waals surface area (Å²) < 4.78 is 5.64. The average molecular weight is 469 g/mol. The van der Waals surface area contributed by atoms with Crippen LogP contribution in [0.2, 0.25) is 0 Å². The van der Waals surface area contributed by atoms with Gasteiger partial charge in [-0.25, -0.2) is 14.8 Å². The minimum absolute atomic E-state index is 0.112. The predicted octanol–water partition coefficient (Wildman–Crippen LogP) is 2.34. The van der Waals surface area contributed by atoms with E-state index >= 15 is 0 Å². The highest BCUT2D eigenvalue weighted by Gasteiger charge is 2.29. The van der Waals surface area contributed by atoms with Gasteiger partial charge in [0.25, 0.3) is 0 Å². The lowest BCUT2D eigenvalue weighted by Crippen LogP contribution is -2.45. The summed E-state index contributed by atoms with van der Waals surface area (Å²) in [5.74, 6) is 0.772. The molecule has 1 atom stereocenters. The molecule has 3 heterocycles. The maximum absolute atomic E-state index is 11.8. The minimum atomic E-state index is -0.793. The molecule has 34 heavy (non-hydrogen) atoms. The molecule has 4 rings (SSSR count). The summed E-state index contributed by atoms with van der Waals surface area (Å²) in [6.07, 6.45) is 0.894. The Hall–Kier alpha value is -3.24. The number of morpholine rings is 1. The summed E-state index contributed by atoms with van der Waals surface area (Å²) in [5.41, 5.74) is 3.63. The van der Waals surface area contributed by atoms with E-state index in [0.29, 0.717) is 44.4 Å². The lowest BCUT2D eigenvalue weighted by atomic mass is 10.0. The van der Waals surface area contributed by atoms with Crippen LogP contribution in [0, 0.1) is 0 Å². The maximum Gasteiger partial charge on any atom is 0.319 e. The summed E-state index contributed by atoms with van der Waals surface area (Å²) in [6, 6.07) is 7.44. The van der Waals surface area contributed by atoms with Gasteiger partial charge in [0.1, 0.15) is 5.82 Å². The number of aliphatic carboxylic acids is 1. The van der Waals surface area contributed by atoms with Crippen LogP contribution < -0.4 is 15.5 Å². The second kappa shape index (κ2) is 10.8. The van der Waals surface area contributed by atoms with Crippen LogP contribution in [0.1, 0.15) is 31.5 Å². The average Bonchev–Trinajstić information content (AvgIpc) is 2.83. The van der Waals surface area contributed by atoms with Gasteiger partial charge in [-0.1, -0.05) is 0 Å². The van der Waals surface area contributed by atoms with Crippen molar-refractivity contribution in [2.75, 3.05) is 49.6 Å². The van der Waals surface area contributed by atoms with Crippen LogP contribution in [0.25, 0.3) is 11.4 Å². The van der Waals surface area contributed by atoms with Crippen molar-refractivity contribution >= 4 is 23.5 Å². The molecule has 0 spiro atoms. The molecule has 1 fully saturated rings. The molecule has 1 saturated heterocycles. The summed E-state index contributed by atoms with van der Waals surface area (Å²) in [7, 11) is 0. The monoisotopic (exact) mass is 468 g/mol. The first-order valence-corrected chi connectivity index (χ1v) is 11.8. The first-order valence-electron chi connectivity index (χ1n) is 11.8. The molecule has 0 saturated carbocycles. The number of urea groups is 1. The molecule has 0 bridgehead atoms. The third-order valence-electron chi connectivity index (χ3n) is 6.14. The number of fused-ring (bicyclic) bond motifs is 1. The number of ether oxygens (including phenoxy) is 1. The van der Waals surface area contributed by atoms with Crippen LogP contribution in [0.5, 0.6) is 0 Å². The van der Waals surface area contributed by atoms with Gasteiger partial charge in [0, 0.05) is 49.5 Å². The van der Waals surface area contributed by atoms with Gasteiger partial charge in [-0.15, -0.1) is 0 Å². The van der Waals surface area contributed by atoms with Crippen molar-refractivity contribution in [2.45, 2.75) is 39.3 Å². The number of carbonyl (C=O) groups is 2. The fourth-order valence-corrected chi connectivity index (χ4v) is 4.36. The number of aromatic nitrogens is 2. The lowest BCUT2D eigenvalue weighted by Gasteiger charge is -2.37. The number of carbonyl (C=O) groups excluding carboxylic acids is 1. The molecule has 1 unspecified atom stereocenters. The number of hydrogen-bond donors (Lipinski definition) is 3. The SMILES string of the molecule is CCNC(=O)Nc1ccc(-c2nc3c(c(N4CCOCC4C)n2)CCN(CCC(=O)O)C3)cc1. The van der Waals surface area contributed by atoms with Gasteiger partial charge in [0.2, 0.25) is 0 Å². The van der Waals surface area contributed by atoms with Gasteiger partial charge in [0.15, 0.2) is 5.82 Å². The Bertz CT molecular complexity index is 1030. The van der Waals surface area contributed by atoms with E-state index in [0.717, 1.165) is 42.1 Å². The molecule has 1 aromatic heterocycles. The highest BCUT2D eigenvalue weighted by Crippen LogP contribution is 2.31. The quantitative estimate of drug-likeness (QED) is 0.566. The number of carboxylic acids is 1. The number of hydrogen-bond acceptors (Lipinski definition) is 7. The third kappa shape index (κ3) is 5.63. The van der Waals surface area contributed by atoms with E-state index < -0.39 is 5.97 Å². The van der Waals surface area contributed by atoms with Crippen molar-refractivity contribution in [1.29, 1.82) is 0 Å². The fourth-order valence-electron chi connectivity index (χ4n) is 4.36. The molecule has 10 nitrogen and oxygen atoms in total. The highest BCUT2D eigenvalue weighted by atomic mass is 16.5. The second-order valence-corrected chi connectivity index (χ2v) is 8.65. The molecule has 2 aliphatic heterocycles. The van der Waals surface area contributed by atoms with Gasteiger partial charge in [0.05, 0.1) is 31.4 Å². The molecular weight excluding hydrogens is 436 g/mol. The van der Waals surface area contributed by atoms with E-state index in [9.17, 15) is 9.59 Å². The Kier molecular flexibility index (Phi) is 7.59. The van der Waals surface area contributed by atoms with Crippen molar-refractivity contribution in [3.8, 4) is 11.4 Å². The van der Waals surface area contributed by atoms with E-state index in [-0.39, 0.29) is 18.5 Å². The molecule has 1 aromatic carbocycles. The lowest BCUT2D eigenvalue weighted by molar-refractivity contribution is -0.137. The minimum Gasteiger partial charge on any atom is -0.481 e. The van der Waals surface area contributed by atoms with Crippen molar-refractivity contribution < 1.29 is 19.4 Å². The van der Waals surface area contributed by atoms with E-state index in [4.69, 9.17) is 19.8 Å². The van der Waals surface area contributed by atoms with Crippen LogP contribution in [-0.2, 0) is 22.5 Å². The number of carboxylic acid groups (broad SMARTS) is 1. The Balaban J connectivity index is 1.65. The molecule has 0 aliphatic carbocycles. The number of nitrogens with one attached hydrogen (secondary N) is 2. The zero-order valence-corrected chi connectivity index (χ0v) is 19.7. The van der Waals surface area contributed by atoms with Gasteiger partial charge in [-0.2, -0.15) is 0 Å². The van der Waals surface area contributed by atoms with Crippen molar-refractivity contribution in [3.05, 3.63) is 35.5 Å². The van der Waals surface area contributed by atoms with Crippen LogP contribution in [0.3, 0.4) is 0 Å². The van der Waals surface area contributed by atoms with E-state index in [1.165, 1.54) is 0 Å². The van der Waals surface area contributed by atoms with Crippen LogP contribution in [0.4, 0.5) is 16.3 Å². The molecule has 182 valence electrons. The third-order valence-corrected chi connectivity index (χ3v) is 6.14. The van der Waals surface area contributed by atoms with Crippen LogP contribution in [-0.4, -0.2) is 77.4 Å². The first kappa shape index (κ1) is 23.9. The number of amides is 2. The summed E-state index contributed by atoms with van der Waals surface area (Å²) in [6.45, 7) is 8.51. The van der Waals surface area contributed by atoms with Gasteiger partial charge >= 0.3 is 12.0 Å². The maximum atomic E-state index is 11.8. The topological polar surface area (TPSA) is 120 Å². The highest BCUT2D eigenvalue weighted by molar-refractivity contribution is 5.89. The molecular formula is C24H32N6O4. The summed E-state index contributed by atoms with van der Waals surface area (Å²) >= 11 is 0. The largest absolute Gasteiger partial charge is 0.481 e. The summed E-state index contributed by atoms with van der Waals surface area (Å²) in [4.78, 5) is 37.2. The second-order valence-electron chi connectivity index (χ2n) is 8.65. The smallest absolute Gasteiger partial charge is 0.319 e. The number of anilines is 2. The predicted molar refractivity (Wildman–Crippen MR) is 129 cm³/mol. The van der Waals surface area contributed by atoms with Crippen molar-refractivity contribution in [1.82, 2.24) is 20.2 Å². The standard InChI is InChI=1S/C24H32N6O4/c1-3-25-24(33)26-18-6-4-17(5-7-18)22-27-20-14-29(11-9-21(31)32)10-8-19(20)23(28-22)30-12-13-34-15-16(30)2/h4-7,16H,3,8-15H2,1-2H3,(H,31,32)(H2,25,26,33). The van der Waals surface area contributed by atoms with E-state index in [1.807, 2.05) is 31.2 Å². The summed E-state index contributed by atoms with van der Waals surface area (Å²) in [5, 5.41) is 14.6. The number of benzene rings is 1. The zero-order valence-electron chi connectivity index (χ0n) is 19.7. The fraction of sp³-hybridized carbons (Fsp3) is 0.500. The number of rotatable bonds is 7. The van der Waals surface area contributed by atoms with E-state index in [2.05, 4.69) is 27.4 Å². The van der Waals surface area contributed by atoms with Crippen molar-refractivity contribution in [2.24, 2.45) is 0 Å². The number of nitrogens with zero attached hydrogens (tertiary/aromatic N) is 4. The van der Waals surface area contributed by atoms with E-state index in [1.54, 1.807) is 0 Å². The molecule has 2 amide bonds. The van der Waals surface area contributed by atoms with Gasteiger partial charge < -0.3 is 25.4 Å². The Morgan fingerprint density at radius 3 is 2.71 bits per heavy atom. The Morgan fingerprint density at radius 2 is 2.00 bits per heavy atom. The van der Waals surface area contributed by atoms with Crippen molar-refractivity contribution in [3.63, 3.8) is 0 Å². The molecule has 2 aliphatic rings. The first-order chi connectivity index (χ1) is 16.4. The molecule has 3 N–H and O–H groups in total. The zero-order chi connectivity index (χ0) is 24.1. The molecule has 0 radical (unpaired) electrons.